The molecule has 3 aromatic rings. The van der Waals surface area contributed by atoms with Crippen LogP contribution in [0.4, 0.5) is 10.8 Å². The second-order valence-corrected chi connectivity index (χ2v) is 6.56. The molecule has 2 aromatic carbocycles. The van der Waals surface area contributed by atoms with E-state index in [0.29, 0.717) is 22.1 Å². The summed E-state index contributed by atoms with van der Waals surface area (Å²) in [6.45, 7) is 0. The number of rotatable bonds is 5. The number of benzene rings is 2. The Kier molecular flexibility index (Phi) is 5.01. The van der Waals surface area contributed by atoms with E-state index in [0.717, 1.165) is 10.6 Å². The monoisotopic (exact) mass is 374 g/mol. The summed E-state index contributed by atoms with van der Waals surface area (Å²) >= 11 is 7.12. The highest BCUT2D eigenvalue weighted by Gasteiger charge is 2.12. The molecular weight excluding hydrogens is 364 g/mol. The molecule has 0 fully saturated rings. The Morgan fingerprint density at radius 3 is 2.44 bits per heavy atom. The molecule has 0 spiro atoms. The molecule has 0 aliphatic heterocycles. The van der Waals surface area contributed by atoms with Crippen molar-refractivity contribution in [1.29, 1.82) is 0 Å². The largest absolute Gasteiger partial charge is 0.296 e. The van der Waals surface area contributed by atoms with Crippen molar-refractivity contribution in [1.82, 2.24) is 10.2 Å². The van der Waals surface area contributed by atoms with Crippen LogP contribution in [0.3, 0.4) is 0 Å². The fraction of sp³-hybridized carbons (Fsp3) is 0.0625. The summed E-state index contributed by atoms with van der Waals surface area (Å²) in [5.74, 6) is -0.399. The van der Waals surface area contributed by atoms with Gasteiger partial charge in [-0.05, 0) is 29.8 Å². The Morgan fingerprint density at radius 1 is 1.12 bits per heavy atom. The van der Waals surface area contributed by atoms with Gasteiger partial charge < -0.3 is 0 Å². The first-order chi connectivity index (χ1) is 12.0. The molecule has 1 heterocycles. The molecule has 0 atom stereocenters. The van der Waals surface area contributed by atoms with Crippen LogP contribution in [0.25, 0.3) is 0 Å². The van der Waals surface area contributed by atoms with Crippen LogP contribution in [-0.4, -0.2) is 21.0 Å². The third-order valence-corrected chi connectivity index (χ3v) is 4.39. The summed E-state index contributed by atoms with van der Waals surface area (Å²) in [5.41, 5.74) is 1.27. The maximum Gasteiger partial charge on any atom is 0.269 e. The van der Waals surface area contributed by atoms with Gasteiger partial charge in [0.1, 0.15) is 5.01 Å². The summed E-state index contributed by atoms with van der Waals surface area (Å²) in [4.78, 5) is 22.3. The molecule has 25 heavy (non-hydrogen) atoms. The first-order valence-electron chi connectivity index (χ1n) is 7.14. The van der Waals surface area contributed by atoms with E-state index in [-0.39, 0.29) is 5.69 Å². The molecule has 1 amide bonds. The van der Waals surface area contributed by atoms with Crippen LogP contribution in [0.2, 0.25) is 5.02 Å². The fourth-order valence-corrected chi connectivity index (χ4v) is 2.95. The number of amides is 1. The summed E-state index contributed by atoms with van der Waals surface area (Å²) in [6, 6.07) is 12.7. The number of halogens is 1. The lowest BCUT2D eigenvalue weighted by atomic mass is 10.2. The van der Waals surface area contributed by atoms with Gasteiger partial charge in [-0.3, -0.25) is 20.2 Å². The van der Waals surface area contributed by atoms with Gasteiger partial charge in [-0.1, -0.05) is 35.1 Å². The SMILES string of the molecule is O=C(Nc1nnc(Cc2ccc(Cl)cc2)s1)c1ccc([N+](=O)[O-])cc1. The Hall–Kier alpha value is -2.84. The quantitative estimate of drug-likeness (QED) is 0.538. The van der Waals surface area contributed by atoms with E-state index in [2.05, 4.69) is 15.5 Å². The average Bonchev–Trinajstić information content (AvgIpc) is 3.04. The zero-order valence-corrected chi connectivity index (χ0v) is 14.3. The van der Waals surface area contributed by atoms with Gasteiger partial charge in [-0.25, -0.2) is 0 Å². The van der Waals surface area contributed by atoms with Crippen LogP contribution in [-0.2, 0) is 6.42 Å². The van der Waals surface area contributed by atoms with E-state index in [4.69, 9.17) is 11.6 Å². The number of aromatic nitrogens is 2. The third-order valence-electron chi connectivity index (χ3n) is 3.30. The lowest BCUT2D eigenvalue weighted by molar-refractivity contribution is -0.384. The van der Waals surface area contributed by atoms with Gasteiger partial charge >= 0.3 is 0 Å². The molecular formula is C16H11ClN4O3S. The van der Waals surface area contributed by atoms with E-state index < -0.39 is 10.8 Å². The molecule has 0 radical (unpaired) electrons. The summed E-state index contributed by atoms with van der Waals surface area (Å²) in [7, 11) is 0. The molecule has 9 heteroatoms. The van der Waals surface area contributed by atoms with Crippen molar-refractivity contribution >= 4 is 39.7 Å². The van der Waals surface area contributed by atoms with Crippen LogP contribution in [0.15, 0.2) is 48.5 Å². The number of non-ortho nitro benzene ring substituents is 1. The van der Waals surface area contributed by atoms with Crippen molar-refractivity contribution in [2.24, 2.45) is 0 Å². The second kappa shape index (κ2) is 7.37. The minimum atomic E-state index is -0.518. The van der Waals surface area contributed by atoms with E-state index in [9.17, 15) is 14.9 Å². The number of anilines is 1. The van der Waals surface area contributed by atoms with Crippen molar-refractivity contribution in [3.05, 3.63) is 79.8 Å². The highest BCUT2D eigenvalue weighted by Crippen LogP contribution is 2.21. The lowest BCUT2D eigenvalue weighted by Crippen LogP contribution is -2.11. The van der Waals surface area contributed by atoms with Crippen molar-refractivity contribution in [2.75, 3.05) is 5.32 Å². The van der Waals surface area contributed by atoms with Crippen LogP contribution >= 0.6 is 22.9 Å². The first kappa shape index (κ1) is 17.0. The molecule has 7 nitrogen and oxygen atoms in total. The van der Waals surface area contributed by atoms with Gasteiger partial charge in [0.2, 0.25) is 5.13 Å². The third kappa shape index (κ3) is 4.37. The van der Waals surface area contributed by atoms with Gasteiger partial charge in [0.05, 0.1) is 4.92 Å². The Balaban J connectivity index is 1.65. The molecule has 0 saturated carbocycles. The maximum atomic E-state index is 12.1. The van der Waals surface area contributed by atoms with Gasteiger partial charge in [-0.15, -0.1) is 10.2 Å². The molecule has 0 saturated heterocycles. The number of carbonyl (C=O) groups is 1. The molecule has 1 N–H and O–H groups in total. The lowest BCUT2D eigenvalue weighted by Gasteiger charge is -2.00. The average molecular weight is 375 g/mol. The number of hydrogen-bond acceptors (Lipinski definition) is 6. The fourth-order valence-electron chi connectivity index (χ4n) is 2.06. The molecule has 3 rings (SSSR count). The maximum absolute atomic E-state index is 12.1. The summed E-state index contributed by atoms with van der Waals surface area (Å²) in [6.07, 6.45) is 0.586. The number of hydrogen-bond donors (Lipinski definition) is 1. The van der Waals surface area contributed by atoms with E-state index in [1.54, 1.807) is 12.1 Å². The number of nitrogens with zero attached hydrogens (tertiary/aromatic N) is 3. The van der Waals surface area contributed by atoms with Crippen molar-refractivity contribution in [3.63, 3.8) is 0 Å². The molecule has 1 aromatic heterocycles. The predicted octanol–water partition coefficient (Wildman–Crippen LogP) is 3.94. The zero-order chi connectivity index (χ0) is 17.8. The molecule has 0 unspecified atom stereocenters. The topological polar surface area (TPSA) is 98.0 Å². The van der Waals surface area contributed by atoms with Gasteiger partial charge in [0.15, 0.2) is 0 Å². The Labute approximate surface area is 151 Å². The molecule has 0 aliphatic rings. The molecule has 0 aliphatic carbocycles. The standard InChI is InChI=1S/C16H11ClN4O3S/c17-12-5-1-10(2-6-12)9-14-19-20-16(25-14)18-15(22)11-3-7-13(8-4-11)21(23)24/h1-8H,9H2,(H,18,20,22). The van der Waals surface area contributed by atoms with Gasteiger partial charge in [0.25, 0.3) is 11.6 Å². The Bertz CT molecular complexity index is 910. The zero-order valence-electron chi connectivity index (χ0n) is 12.7. The normalized spacial score (nSPS) is 10.4. The highest BCUT2D eigenvalue weighted by atomic mass is 35.5. The van der Waals surface area contributed by atoms with Crippen molar-refractivity contribution < 1.29 is 9.72 Å². The van der Waals surface area contributed by atoms with E-state index >= 15 is 0 Å². The van der Waals surface area contributed by atoms with Gasteiger partial charge in [-0.2, -0.15) is 0 Å². The highest BCUT2D eigenvalue weighted by molar-refractivity contribution is 7.15. The number of nitro groups is 1. The summed E-state index contributed by atoms with van der Waals surface area (Å²) < 4.78 is 0. The van der Waals surface area contributed by atoms with Crippen molar-refractivity contribution in [2.45, 2.75) is 6.42 Å². The molecule has 126 valence electrons. The molecule has 0 bridgehead atoms. The number of nitro benzene ring substituents is 1. The van der Waals surface area contributed by atoms with Crippen LogP contribution in [0.5, 0.6) is 0 Å². The number of nitrogens with one attached hydrogen (secondary N) is 1. The van der Waals surface area contributed by atoms with Gasteiger partial charge in [0, 0.05) is 29.1 Å². The van der Waals surface area contributed by atoms with Crippen LogP contribution in [0, 0.1) is 10.1 Å². The number of carbonyl (C=O) groups excluding carboxylic acids is 1. The second-order valence-electron chi connectivity index (χ2n) is 5.06. The van der Waals surface area contributed by atoms with Crippen LogP contribution < -0.4 is 5.32 Å². The first-order valence-corrected chi connectivity index (χ1v) is 8.33. The predicted molar refractivity (Wildman–Crippen MR) is 95.2 cm³/mol. The smallest absolute Gasteiger partial charge is 0.269 e. The van der Waals surface area contributed by atoms with E-state index in [1.807, 2.05) is 12.1 Å². The Morgan fingerprint density at radius 2 is 1.80 bits per heavy atom. The van der Waals surface area contributed by atoms with E-state index in [1.165, 1.54) is 35.6 Å². The minimum absolute atomic E-state index is 0.0716. The summed E-state index contributed by atoms with van der Waals surface area (Å²) in [5, 5.41) is 23.0. The minimum Gasteiger partial charge on any atom is -0.296 e. The van der Waals surface area contributed by atoms with Crippen molar-refractivity contribution in [3.8, 4) is 0 Å². The van der Waals surface area contributed by atoms with Crippen LogP contribution in [0.1, 0.15) is 20.9 Å².